The number of pyridine rings is 2. The second kappa shape index (κ2) is 6.63. The third kappa shape index (κ3) is 3.10. The van der Waals surface area contributed by atoms with Crippen LogP contribution in [-0.4, -0.2) is 33.3 Å². The number of aliphatic hydroxyl groups is 1. The van der Waals surface area contributed by atoms with Gasteiger partial charge in [-0.2, -0.15) is 13.2 Å². The molecule has 30 heavy (non-hydrogen) atoms. The van der Waals surface area contributed by atoms with Gasteiger partial charge in [0, 0.05) is 36.2 Å². The van der Waals surface area contributed by atoms with Gasteiger partial charge in [-0.25, -0.2) is 9.97 Å². The molecule has 0 radical (unpaired) electrons. The molecule has 154 valence electrons. The lowest BCUT2D eigenvalue weighted by atomic mass is 9.93. The van der Waals surface area contributed by atoms with Crippen LogP contribution >= 0.6 is 11.6 Å². The molecule has 1 unspecified atom stereocenters. The van der Waals surface area contributed by atoms with Crippen molar-refractivity contribution in [1.29, 1.82) is 0 Å². The largest absolute Gasteiger partial charge is 0.436 e. The Labute approximate surface area is 172 Å². The summed E-state index contributed by atoms with van der Waals surface area (Å²) >= 11 is 5.93. The second-order valence-corrected chi connectivity index (χ2v) is 7.49. The lowest BCUT2D eigenvalue weighted by molar-refractivity contribution is -0.139. The predicted molar refractivity (Wildman–Crippen MR) is 102 cm³/mol. The zero-order chi connectivity index (χ0) is 21.1. The first-order valence-corrected chi connectivity index (χ1v) is 9.35. The number of aromatic nitrogens is 3. The van der Waals surface area contributed by atoms with Crippen LogP contribution in [0.5, 0.6) is 0 Å². The first-order valence-electron chi connectivity index (χ1n) is 8.98. The Bertz CT molecular complexity index is 1280. The summed E-state index contributed by atoms with van der Waals surface area (Å²) in [5.41, 5.74) is -0.402. The molecule has 3 aromatic heterocycles. The third-order valence-electron chi connectivity index (χ3n) is 5.16. The molecule has 1 N–H and O–H groups in total. The van der Waals surface area contributed by atoms with Crippen LogP contribution in [0.4, 0.5) is 13.2 Å². The number of alkyl halides is 3. The molecule has 10 heteroatoms. The van der Waals surface area contributed by atoms with Crippen LogP contribution in [0.25, 0.3) is 33.3 Å². The predicted octanol–water partition coefficient (Wildman–Crippen LogP) is 4.72. The van der Waals surface area contributed by atoms with Crippen molar-refractivity contribution in [2.75, 3.05) is 13.2 Å². The molecule has 4 aromatic rings. The van der Waals surface area contributed by atoms with Crippen LogP contribution in [0.1, 0.15) is 17.7 Å². The van der Waals surface area contributed by atoms with Gasteiger partial charge in [-0.1, -0.05) is 17.7 Å². The van der Waals surface area contributed by atoms with Gasteiger partial charge in [0.25, 0.3) is 0 Å². The highest BCUT2D eigenvalue weighted by molar-refractivity contribution is 6.30. The molecule has 0 aliphatic carbocycles. The zero-order valence-corrected chi connectivity index (χ0v) is 16.0. The van der Waals surface area contributed by atoms with E-state index in [-0.39, 0.29) is 34.0 Å². The molecule has 1 atom stereocenters. The molecule has 0 amide bonds. The molecule has 0 spiro atoms. The summed E-state index contributed by atoms with van der Waals surface area (Å²) in [6, 6.07) is 6.38. The fraction of sp³-hybridized carbons (Fsp3) is 0.250. The van der Waals surface area contributed by atoms with Crippen LogP contribution in [0.2, 0.25) is 5.15 Å². The van der Waals surface area contributed by atoms with Crippen LogP contribution < -0.4 is 0 Å². The van der Waals surface area contributed by atoms with E-state index in [9.17, 15) is 18.3 Å². The molecule has 4 heterocycles. The van der Waals surface area contributed by atoms with E-state index in [2.05, 4.69) is 15.0 Å². The van der Waals surface area contributed by atoms with Crippen molar-refractivity contribution in [3.63, 3.8) is 0 Å². The van der Waals surface area contributed by atoms with Crippen molar-refractivity contribution >= 4 is 33.5 Å². The summed E-state index contributed by atoms with van der Waals surface area (Å²) in [6.45, 7) is 0.638. The summed E-state index contributed by atoms with van der Waals surface area (Å²) < 4.78 is 51.1. The highest BCUT2D eigenvalue weighted by Crippen LogP contribution is 2.39. The van der Waals surface area contributed by atoms with Crippen molar-refractivity contribution in [3.05, 3.63) is 53.1 Å². The van der Waals surface area contributed by atoms with Crippen LogP contribution in [-0.2, 0) is 16.5 Å². The van der Waals surface area contributed by atoms with E-state index in [1.165, 1.54) is 6.07 Å². The SMILES string of the molecule is OC1(c2ccc3oc(-c4cnc(C(F)(F)F)c5cnc(Cl)cc45)nc3c2)CCOC1. The van der Waals surface area contributed by atoms with Crippen LogP contribution in [0.3, 0.4) is 0 Å². The van der Waals surface area contributed by atoms with E-state index in [4.69, 9.17) is 20.8 Å². The van der Waals surface area contributed by atoms with Crippen molar-refractivity contribution < 1.29 is 27.4 Å². The van der Waals surface area contributed by atoms with E-state index in [1.807, 2.05) is 0 Å². The molecular weight excluding hydrogens is 423 g/mol. The van der Waals surface area contributed by atoms with Crippen molar-refractivity contribution in [3.8, 4) is 11.5 Å². The summed E-state index contributed by atoms with van der Waals surface area (Å²) in [6.07, 6.45) is -2.09. The van der Waals surface area contributed by atoms with E-state index in [0.717, 1.165) is 12.4 Å². The van der Waals surface area contributed by atoms with Crippen LogP contribution in [0.15, 0.2) is 41.1 Å². The molecule has 0 bridgehead atoms. The molecule has 6 nitrogen and oxygen atoms in total. The lowest BCUT2D eigenvalue weighted by Crippen LogP contribution is -2.25. The molecule has 1 aromatic carbocycles. The Morgan fingerprint density at radius 1 is 1.10 bits per heavy atom. The molecule has 0 saturated carbocycles. The monoisotopic (exact) mass is 435 g/mol. The number of oxazole rings is 1. The summed E-state index contributed by atoms with van der Waals surface area (Å²) in [7, 11) is 0. The minimum Gasteiger partial charge on any atom is -0.436 e. The molecule has 1 fully saturated rings. The average molecular weight is 436 g/mol. The number of rotatable bonds is 2. The number of nitrogens with zero attached hydrogens (tertiary/aromatic N) is 3. The molecular formula is C20H13ClF3N3O3. The van der Waals surface area contributed by atoms with Gasteiger partial charge in [-0.05, 0) is 23.8 Å². The molecule has 5 rings (SSSR count). The van der Waals surface area contributed by atoms with Crippen molar-refractivity contribution in [1.82, 2.24) is 15.0 Å². The first-order chi connectivity index (χ1) is 14.2. The van der Waals surface area contributed by atoms with E-state index in [1.54, 1.807) is 18.2 Å². The smallest absolute Gasteiger partial charge is 0.434 e. The quantitative estimate of drug-likeness (QED) is 0.459. The molecule has 1 aliphatic heterocycles. The van der Waals surface area contributed by atoms with E-state index in [0.29, 0.717) is 29.7 Å². The lowest BCUT2D eigenvalue weighted by Gasteiger charge is -2.20. The Morgan fingerprint density at radius 2 is 1.93 bits per heavy atom. The summed E-state index contributed by atoms with van der Waals surface area (Å²) in [5, 5.41) is 10.7. The standard InChI is InChI=1S/C20H13ClF3N3O3/c21-16-6-11-12(7-25-16)17(20(22,23)24)26-8-13(11)18-27-14-5-10(1-2-15(14)30-18)19(28)3-4-29-9-19/h1-2,5-8,28H,3-4,9H2. The Balaban J connectivity index is 1.67. The van der Waals surface area contributed by atoms with Gasteiger partial charge in [-0.3, -0.25) is 4.98 Å². The van der Waals surface area contributed by atoms with Crippen molar-refractivity contribution in [2.24, 2.45) is 0 Å². The summed E-state index contributed by atoms with van der Waals surface area (Å²) in [5.74, 6) is 0.0882. The topological polar surface area (TPSA) is 81.3 Å². The number of hydrogen-bond donors (Lipinski definition) is 1. The van der Waals surface area contributed by atoms with Gasteiger partial charge in [0.2, 0.25) is 5.89 Å². The number of fused-ring (bicyclic) bond motifs is 2. The van der Waals surface area contributed by atoms with E-state index < -0.39 is 17.5 Å². The maximum atomic E-state index is 13.4. The molecule has 1 saturated heterocycles. The Morgan fingerprint density at radius 3 is 2.67 bits per heavy atom. The Hall–Kier alpha value is -2.75. The van der Waals surface area contributed by atoms with Gasteiger partial charge in [0.15, 0.2) is 11.3 Å². The Kier molecular flexibility index (Phi) is 4.25. The van der Waals surface area contributed by atoms with Gasteiger partial charge in [-0.15, -0.1) is 0 Å². The van der Waals surface area contributed by atoms with Gasteiger partial charge < -0.3 is 14.3 Å². The maximum Gasteiger partial charge on any atom is 0.434 e. The highest BCUT2D eigenvalue weighted by atomic mass is 35.5. The van der Waals surface area contributed by atoms with Gasteiger partial charge in [0.1, 0.15) is 16.3 Å². The minimum absolute atomic E-state index is 0.0323. The number of benzene rings is 1. The number of ether oxygens (including phenoxy) is 1. The minimum atomic E-state index is -4.65. The fourth-order valence-corrected chi connectivity index (χ4v) is 3.78. The number of halogens is 4. The second-order valence-electron chi connectivity index (χ2n) is 7.11. The van der Waals surface area contributed by atoms with Gasteiger partial charge >= 0.3 is 6.18 Å². The van der Waals surface area contributed by atoms with Crippen molar-refractivity contribution in [2.45, 2.75) is 18.2 Å². The van der Waals surface area contributed by atoms with Gasteiger partial charge in [0.05, 0.1) is 12.2 Å². The van der Waals surface area contributed by atoms with E-state index >= 15 is 0 Å². The average Bonchev–Trinajstić information content (AvgIpc) is 3.32. The third-order valence-corrected chi connectivity index (χ3v) is 5.37. The normalized spacial score (nSPS) is 19.8. The van der Waals surface area contributed by atoms with Crippen LogP contribution in [0, 0.1) is 0 Å². The maximum absolute atomic E-state index is 13.4. The zero-order valence-electron chi connectivity index (χ0n) is 15.2. The first kappa shape index (κ1) is 19.2. The molecule has 1 aliphatic rings. The number of hydrogen-bond acceptors (Lipinski definition) is 6. The summed E-state index contributed by atoms with van der Waals surface area (Å²) in [4.78, 5) is 11.8. The fourth-order valence-electron chi connectivity index (χ4n) is 3.62. The highest BCUT2D eigenvalue weighted by Gasteiger charge is 2.36.